The van der Waals surface area contributed by atoms with Crippen LogP contribution in [0, 0.1) is 11.3 Å². The van der Waals surface area contributed by atoms with Crippen LogP contribution in [0.15, 0.2) is 18.2 Å². The highest BCUT2D eigenvalue weighted by Gasteiger charge is 2.54. The minimum atomic E-state index is -0.723. The van der Waals surface area contributed by atoms with Crippen molar-refractivity contribution in [1.29, 1.82) is 0 Å². The molecule has 0 radical (unpaired) electrons. The number of carbonyl (C=O) groups excluding carboxylic acids is 4. The molecule has 8 nitrogen and oxygen atoms in total. The summed E-state index contributed by atoms with van der Waals surface area (Å²) in [6, 6.07) is 3.85. The van der Waals surface area contributed by atoms with E-state index in [1.165, 1.54) is 0 Å². The highest BCUT2D eigenvalue weighted by atomic mass is 16.5. The molecule has 2 saturated heterocycles. The average molecular weight is 440 g/mol. The van der Waals surface area contributed by atoms with Crippen molar-refractivity contribution in [3.05, 3.63) is 29.3 Å². The van der Waals surface area contributed by atoms with Crippen molar-refractivity contribution in [1.82, 2.24) is 10.2 Å². The Bertz CT molecular complexity index is 999. The zero-order valence-corrected chi connectivity index (χ0v) is 18.5. The van der Waals surface area contributed by atoms with Crippen molar-refractivity contribution in [3.8, 4) is 0 Å². The Kier molecular flexibility index (Phi) is 5.08. The van der Waals surface area contributed by atoms with E-state index in [-0.39, 0.29) is 47.5 Å². The normalized spacial score (nSPS) is 28.9. The number of likely N-dealkylation sites (tertiary alicyclic amines) is 1. The Morgan fingerprint density at radius 3 is 2.75 bits per heavy atom. The lowest BCUT2D eigenvalue weighted by atomic mass is 9.79. The van der Waals surface area contributed by atoms with Crippen LogP contribution < -0.4 is 10.6 Å². The second kappa shape index (κ2) is 7.69. The number of nitrogens with one attached hydrogen (secondary N) is 2. The van der Waals surface area contributed by atoms with Gasteiger partial charge >= 0.3 is 0 Å². The lowest BCUT2D eigenvalue weighted by Gasteiger charge is -2.37. The first-order valence-corrected chi connectivity index (χ1v) is 11.5. The molecule has 0 aromatic heterocycles. The summed E-state index contributed by atoms with van der Waals surface area (Å²) in [4.78, 5) is 52.8. The third-order valence-corrected chi connectivity index (χ3v) is 7.69. The van der Waals surface area contributed by atoms with E-state index < -0.39 is 12.1 Å². The molecule has 1 aromatic carbocycles. The van der Waals surface area contributed by atoms with E-state index in [1.54, 1.807) is 23.1 Å². The minimum absolute atomic E-state index is 0.0403. The Balaban J connectivity index is 1.41. The highest BCUT2D eigenvalue weighted by molar-refractivity contribution is 6.03. The summed E-state index contributed by atoms with van der Waals surface area (Å²) in [5, 5.41) is 5.77. The van der Waals surface area contributed by atoms with Gasteiger partial charge in [0.25, 0.3) is 5.91 Å². The third-order valence-electron chi connectivity index (χ3n) is 7.69. The van der Waals surface area contributed by atoms with Crippen LogP contribution in [0.5, 0.6) is 0 Å². The van der Waals surface area contributed by atoms with Gasteiger partial charge in [-0.3, -0.25) is 19.2 Å². The molecule has 3 aliphatic heterocycles. The molecular weight excluding hydrogens is 410 g/mol. The molecule has 170 valence electrons. The van der Waals surface area contributed by atoms with E-state index in [0.717, 1.165) is 31.2 Å². The second-order valence-electron chi connectivity index (χ2n) is 10.0. The summed E-state index contributed by atoms with van der Waals surface area (Å²) >= 11 is 0. The van der Waals surface area contributed by atoms with Crippen LogP contribution in [0.25, 0.3) is 0 Å². The summed E-state index contributed by atoms with van der Waals surface area (Å²) < 4.78 is 5.65. The van der Waals surface area contributed by atoms with Crippen molar-refractivity contribution < 1.29 is 23.9 Å². The number of carbonyl (C=O) groups is 4. The van der Waals surface area contributed by atoms with Gasteiger partial charge < -0.3 is 20.3 Å². The number of amides is 3. The van der Waals surface area contributed by atoms with E-state index in [9.17, 15) is 19.2 Å². The van der Waals surface area contributed by atoms with Gasteiger partial charge in [0.2, 0.25) is 11.8 Å². The van der Waals surface area contributed by atoms with Gasteiger partial charge in [0.15, 0.2) is 5.78 Å². The summed E-state index contributed by atoms with van der Waals surface area (Å²) in [6.45, 7) is 4.54. The van der Waals surface area contributed by atoms with Crippen LogP contribution in [-0.2, 0) is 25.5 Å². The molecule has 3 fully saturated rings. The van der Waals surface area contributed by atoms with Crippen LogP contribution in [-0.4, -0.2) is 59.7 Å². The first-order chi connectivity index (χ1) is 15.3. The second-order valence-corrected chi connectivity index (χ2v) is 10.0. The van der Waals surface area contributed by atoms with E-state index in [0.29, 0.717) is 24.2 Å². The number of ketones is 1. The lowest BCUT2D eigenvalue weighted by Crippen LogP contribution is -2.57. The zero-order valence-electron chi connectivity index (χ0n) is 18.5. The van der Waals surface area contributed by atoms with Gasteiger partial charge in [-0.05, 0) is 36.0 Å². The maximum atomic E-state index is 13.8. The topological polar surface area (TPSA) is 105 Å². The Hall–Kier alpha value is -2.74. The van der Waals surface area contributed by atoms with Gasteiger partial charge in [0.05, 0.1) is 12.5 Å². The predicted molar refractivity (Wildman–Crippen MR) is 116 cm³/mol. The van der Waals surface area contributed by atoms with Crippen molar-refractivity contribution in [3.63, 3.8) is 0 Å². The molecule has 8 heteroatoms. The summed E-state index contributed by atoms with van der Waals surface area (Å²) in [5.41, 5.74) is 1.53. The van der Waals surface area contributed by atoms with E-state index in [1.807, 2.05) is 6.92 Å². The van der Waals surface area contributed by atoms with Gasteiger partial charge in [-0.2, -0.15) is 0 Å². The Labute approximate surface area is 187 Å². The van der Waals surface area contributed by atoms with Crippen LogP contribution in [0.3, 0.4) is 0 Å². The number of Topliss-reactive ketones (excluding diaryl/α,β-unsaturated/α-hetero) is 1. The highest BCUT2D eigenvalue weighted by Crippen LogP contribution is 2.42. The molecule has 3 amide bonds. The molecule has 4 aliphatic rings. The number of nitrogens with zero attached hydrogens (tertiary/aromatic N) is 1. The van der Waals surface area contributed by atoms with Gasteiger partial charge in [-0.15, -0.1) is 0 Å². The fourth-order valence-corrected chi connectivity index (χ4v) is 5.86. The first kappa shape index (κ1) is 21.1. The summed E-state index contributed by atoms with van der Waals surface area (Å²) in [6.07, 6.45) is 3.73. The van der Waals surface area contributed by atoms with Gasteiger partial charge in [0.1, 0.15) is 18.7 Å². The van der Waals surface area contributed by atoms with Gasteiger partial charge in [0, 0.05) is 23.7 Å². The largest absolute Gasteiger partial charge is 0.367 e. The molecule has 0 spiro atoms. The number of fused-ring (bicyclic) bond motifs is 2. The van der Waals surface area contributed by atoms with Crippen LogP contribution in [0.4, 0.5) is 5.69 Å². The van der Waals surface area contributed by atoms with Crippen molar-refractivity contribution in [2.45, 2.75) is 64.1 Å². The minimum Gasteiger partial charge on any atom is -0.367 e. The molecule has 1 aromatic rings. The molecule has 0 bridgehead atoms. The quantitative estimate of drug-likeness (QED) is 0.743. The number of hydrogen-bond donors (Lipinski definition) is 2. The fraction of sp³-hybridized carbons (Fsp3) is 0.583. The van der Waals surface area contributed by atoms with Crippen LogP contribution in [0.1, 0.15) is 55.5 Å². The van der Waals surface area contributed by atoms with Crippen molar-refractivity contribution in [2.75, 3.05) is 18.5 Å². The average Bonchev–Trinajstić information content (AvgIpc) is 3.51. The number of rotatable bonds is 4. The SMILES string of the molecule is C[C@H]1CN(C(=O)[C@@H](NC(=O)c2ccc3c(c2)NC(=O)C3)C2(C)CCCC2)[C@@H]2C(=O)CO[C@@H]21. The number of benzene rings is 1. The standard InChI is InChI=1S/C24H29N3O5/c1-13-11-27(19-17(28)12-32-20(13)19)23(31)21(24(2)7-3-4-8-24)26-22(30)15-6-5-14-10-18(29)25-16(14)9-15/h5-6,9,13,19-21H,3-4,7-8,10-12H2,1-2H3,(H,25,29)(H,26,30)/t13-,19+,20+,21+/m0/s1. The fourth-order valence-electron chi connectivity index (χ4n) is 5.86. The Morgan fingerprint density at radius 1 is 1.25 bits per heavy atom. The van der Waals surface area contributed by atoms with Gasteiger partial charge in [-0.1, -0.05) is 32.8 Å². The maximum Gasteiger partial charge on any atom is 0.252 e. The summed E-state index contributed by atoms with van der Waals surface area (Å²) in [5.74, 6) is -0.633. The van der Waals surface area contributed by atoms with Gasteiger partial charge in [-0.25, -0.2) is 0 Å². The van der Waals surface area contributed by atoms with Crippen molar-refractivity contribution in [2.24, 2.45) is 11.3 Å². The monoisotopic (exact) mass is 439 g/mol. The number of anilines is 1. The lowest BCUT2D eigenvalue weighted by molar-refractivity contribution is -0.140. The molecule has 0 unspecified atom stereocenters. The molecule has 1 saturated carbocycles. The third kappa shape index (κ3) is 3.41. The summed E-state index contributed by atoms with van der Waals surface area (Å²) in [7, 11) is 0. The molecule has 5 rings (SSSR count). The molecule has 3 heterocycles. The smallest absolute Gasteiger partial charge is 0.252 e. The number of hydrogen-bond acceptors (Lipinski definition) is 5. The molecule has 1 aliphatic carbocycles. The molecule has 4 atom stereocenters. The zero-order chi connectivity index (χ0) is 22.6. The molecule has 2 N–H and O–H groups in total. The van der Waals surface area contributed by atoms with Crippen LogP contribution in [0.2, 0.25) is 0 Å². The van der Waals surface area contributed by atoms with Crippen LogP contribution >= 0.6 is 0 Å². The maximum absolute atomic E-state index is 13.8. The van der Waals surface area contributed by atoms with E-state index >= 15 is 0 Å². The predicted octanol–water partition coefficient (Wildman–Crippen LogP) is 1.67. The first-order valence-electron chi connectivity index (χ1n) is 11.5. The van der Waals surface area contributed by atoms with Crippen molar-refractivity contribution >= 4 is 29.2 Å². The van der Waals surface area contributed by atoms with E-state index in [2.05, 4.69) is 17.6 Å². The molecular formula is C24H29N3O5. The Morgan fingerprint density at radius 2 is 2.00 bits per heavy atom. The number of ether oxygens (including phenoxy) is 1. The van der Waals surface area contributed by atoms with E-state index in [4.69, 9.17) is 4.74 Å². The molecule has 32 heavy (non-hydrogen) atoms.